The predicted molar refractivity (Wildman–Crippen MR) is 70.7 cm³/mol. The molecule has 8 heteroatoms. The molecule has 0 bridgehead atoms. The number of hydrogen-bond donors (Lipinski definition) is 1. The topological polar surface area (TPSA) is 63.2 Å². The molecule has 2 atom stereocenters. The molecule has 0 saturated carbocycles. The molecule has 4 nitrogen and oxygen atoms in total. The van der Waals surface area contributed by atoms with Crippen molar-refractivity contribution in [2.24, 2.45) is 0 Å². The fraction of sp³-hybridized carbons (Fsp3) is 0.500. The molecule has 0 amide bonds. The molecule has 0 aliphatic carbocycles. The van der Waals surface area contributed by atoms with E-state index in [1.165, 1.54) is 6.07 Å². The maximum atomic E-state index is 11.8. The zero-order valence-electron chi connectivity index (χ0n) is 8.77. The first kappa shape index (κ1) is 14.3. The van der Waals surface area contributed by atoms with Crippen molar-refractivity contribution in [2.45, 2.75) is 17.2 Å². The van der Waals surface area contributed by atoms with Crippen LogP contribution in [0, 0.1) is 0 Å². The minimum absolute atomic E-state index is 0.258. The smallest absolute Gasteiger partial charge is 0.250 e. The second-order valence-electron chi connectivity index (χ2n) is 3.32. The second kappa shape index (κ2) is 5.72. The van der Waals surface area contributed by atoms with E-state index < -0.39 is 20.8 Å². The Morgan fingerprint density at radius 3 is 2.62 bits per heavy atom. The first-order valence-electron chi connectivity index (χ1n) is 4.39. The Morgan fingerprint density at radius 1 is 1.56 bits per heavy atom. The molecule has 1 aromatic heterocycles. The third kappa shape index (κ3) is 4.25. The molecule has 0 aromatic carbocycles. The highest BCUT2D eigenvalue weighted by atomic mass is 79.9. The standard InChI is InChI=1S/C8H12BrNO3S3/c1-6(5-15(2)11)10-16(12,13)8-4-3-7(9)14-8/h3-4,6,10H,5H2,1-2H3. The Morgan fingerprint density at radius 2 is 2.19 bits per heavy atom. The van der Waals surface area contributed by atoms with Gasteiger partial charge in [0.2, 0.25) is 10.0 Å². The molecule has 1 rings (SSSR count). The minimum atomic E-state index is -3.48. The van der Waals surface area contributed by atoms with Crippen LogP contribution in [0.15, 0.2) is 20.1 Å². The van der Waals surface area contributed by atoms with E-state index in [4.69, 9.17) is 0 Å². The zero-order valence-corrected chi connectivity index (χ0v) is 12.8. The third-order valence-electron chi connectivity index (χ3n) is 1.65. The summed E-state index contributed by atoms with van der Waals surface area (Å²) < 4.78 is 38.1. The third-order valence-corrected chi connectivity index (χ3v) is 6.33. The number of sulfonamides is 1. The Balaban J connectivity index is 2.76. The first-order valence-corrected chi connectivity index (χ1v) is 9.21. The van der Waals surface area contributed by atoms with Crippen LogP contribution in [0.25, 0.3) is 0 Å². The number of nitrogens with one attached hydrogen (secondary N) is 1. The van der Waals surface area contributed by atoms with Crippen molar-refractivity contribution in [3.63, 3.8) is 0 Å². The SMILES string of the molecule is CC(CS(C)=O)NS(=O)(=O)c1ccc(Br)s1. The summed E-state index contributed by atoms with van der Waals surface area (Å²) in [5, 5.41) is 0. The van der Waals surface area contributed by atoms with Gasteiger partial charge in [-0.1, -0.05) is 0 Å². The summed E-state index contributed by atoms with van der Waals surface area (Å²) >= 11 is 4.35. The summed E-state index contributed by atoms with van der Waals surface area (Å²) in [7, 11) is -4.49. The number of halogens is 1. The maximum Gasteiger partial charge on any atom is 0.250 e. The van der Waals surface area contributed by atoms with E-state index in [0.717, 1.165) is 15.1 Å². The molecular weight excluding hydrogens is 334 g/mol. The van der Waals surface area contributed by atoms with Gasteiger partial charge in [0.25, 0.3) is 0 Å². The summed E-state index contributed by atoms with van der Waals surface area (Å²) in [6, 6.07) is 2.88. The average molecular weight is 346 g/mol. The van der Waals surface area contributed by atoms with Crippen LogP contribution in [0.4, 0.5) is 0 Å². The molecule has 0 aliphatic rings. The Kier molecular flexibility index (Phi) is 5.11. The normalized spacial score (nSPS) is 15.9. The molecule has 0 saturated heterocycles. The van der Waals surface area contributed by atoms with Crippen LogP contribution >= 0.6 is 27.3 Å². The molecule has 1 heterocycles. The maximum absolute atomic E-state index is 11.8. The zero-order chi connectivity index (χ0) is 12.3. The van der Waals surface area contributed by atoms with E-state index in [-0.39, 0.29) is 10.3 Å². The van der Waals surface area contributed by atoms with Crippen molar-refractivity contribution in [2.75, 3.05) is 12.0 Å². The van der Waals surface area contributed by atoms with Crippen molar-refractivity contribution in [1.29, 1.82) is 0 Å². The van der Waals surface area contributed by atoms with Crippen LogP contribution in [0.2, 0.25) is 0 Å². The van der Waals surface area contributed by atoms with Crippen LogP contribution < -0.4 is 4.72 Å². The van der Waals surface area contributed by atoms with Crippen LogP contribution in [-0.4, -0.2) is 30.7 Å². The highest BCUT2D eigenvalue weighted by Crippen LogP contribution is 2.25. The Bertz CT molecular complexity index is 482. The molecule has 0 spiro atoms. The Labute approximate surface area is 110 Å². The average Bonchev–Trinajstić information content (AvgIpc) is 2.49. The lowest BCUT2D eigenvalue weighted by Gasteiger charge is -2.11. The van der Waals surface area contributed by atoms with Crippen molar-refractivity contribution < 1.29 is 12.6 Å². The van der Waals surface area contributed by atoms with Gasteiger partial charge >= 0.3 is 0 Å². The summed E-state index contributed by atoms with van der Waals surface area (Å²) in [4.78, 5) is 0. The van der Waals surface area contributed by atoms with Gasteiger partial charge in [-0.15, -0.1) is 11.3 Å². The molecule has 1 N–H and O–H groups in total. The largest absolute Gasteiger partial charge is 0.260 e. The lowest BCUT2D eigenvalue weighted by molar-refractivity contribution is 0.572. The number of hydrogen-bond acceptors (Lipinski definition) is 4. The van der Waals surface area contributed by atoms with Gasteiger partial charge in [-0.05, 0) is 35.0 Å². The van der Waals surface area contributed by atoms with E-state index >= 15 is 0 Å². The molecule has 2 unspecified atom stereocenters. The number of rotatable bonds is 5. The minimum Gasteiger partial charge on any atom is -0.260 e. The quantitative estimate of drug-likeness (QED) is 0.880. The summed E-state index contributed by atoms with van der Waals surface area (Å²) in [5.74, 6) is 0.311. The second-order valence-corrected chi connectivity index (χ2v) is 9.20. The van der Waals surface area contributed by atoms with Crippen molar-refractivity contribution in [1.82, 2.24) is 4.72 Å². The Hall–Kier alpha value is 0.240. The van der Waals surface area contributed by atoms with E-state index in [9.17, 15) is 12.6 Å². The first-order chi connectivity index (χ1) is 7.31. The molecule has 92 valence electrons. The number of thiophene rings is 1. The van der Waals surface area contributed by atoms with Gasteiger partial charge in [0.15, 0.2) is 0 Å². The van der Waals surface area contributed by atoms with E-state index in [1.54, 1.807) is 19.2 Å². The van der Waals surface area contributed by atoms with Gasteiger partial charge in [-0.25, -0.2) is 13.1 Å². The molecule has 0 aliphatic heterocycles. The monoisotopic (exact) mass is 345 g/mol. The predicted octanol–water partition coefficient (Wildman–Crippen LogP) is 1.56. The van der Waals surface area contributed by atoms with Gasteiger partial charge in [-0.2, -0.15) is 0 Å². The fourth-order valence-corrected chi connectivity index (χ4v) is 5.31. The molecule has 0 fully saturated rings. The fourth-order valence-electron chi connectivity index (χ4n) is 1.15. The van der Waals surface area contributed by atoms with Crippen LogP contribution in [0.5, 0.6) is 0 Å². The molecule has 0 radical (unpaired) electrons. The van der Waals surface area contributed by atoms with Crippen LogP contribution in [0.1, 0.15) is 6.92 Å². The van der Waals surface area contributed by atoms with Crippen LogP contribution in [-0.2, 0) is 20.8 Å². The lowest BCUT2D eigenvalue weighted by Crippen LogP contribution is -2.35. The van der Waals surface area contributed by atoms with Crippen molar-refractivity contribution in [3.8, 4) is 0 Å². The van der Waals surface area contributed by atoms with Gasteiger partial charge in [0.1, 0.15) is 4.21 Å². The van der Waals surface area contributed by atoms with Crippen molar-refractivity contribution >= 4 is 48.1 Å². The summed E-state index contributed by atoms with van der Waals surface area (Å²) in [6.45, 7) is 1.70. The van der Waals surface area contributed by atoms with Crippen LogP contribution in [0.3, 0.4) is 0 Å². The highest BCUT2D eigenvalue weighted by Gasteiger charge is 2.19. The lowest BCUT2D eigenvalue weighted by atomic mass is 10.4. The molecule has 1 aromatic rings. The molecular formula is C8H12BrNO3S3. The summed E-state index contributed by atoms with van der Waals surface area (Å²) in [6.07, 6.45) is 1.55. The molecule has 16 heavy (non-hydrogen) atoms. The van der Waals surface area contributed by atoms with E-state index in [2.05, 4.69) is 20.7 Å². The van der Waals surface area contributed by atoms with Gasteiger partial charge in [-0.3, -0.25) is 4.21 Å². The van der Waals surface area contributed by atoms with Gasteiger partial charge in [0, 0.05) is 28.9 Å². The highest BCUT2D eigenvalue weighted by molar-refractivity contribution is 9.11. The van der Waals surface area contributed by atoms with Gasteiger partial charge < -0.3 is 0 Å². The van der Waals surface area contributed by atoms with E-state index in [0.29, 0.717) is 5.75 Å². The van der Waals surface area contributed by atoms with Gasteiger partial charge in [0.05, 0.1) is 3.79 Å². The summed E-state index contributed by atoms with van der Waals surface area (Å²) in [5.41, 5.74) is 0. The van der Waals surface area contributed by atoms with Crippen molar-refractivity contribution in [3.05, 3.63) is 15.9 Å². The van der Waals surface area contributed by atoms with E-state index in [1.807, 2.05) is 0 Å².